The van der Waals surface area contributed by atoms with Crippen molar-refractivity contribution in [2.24, 2.45) is 0 Å². The van der Waals surface area contributed by atoms with Crippen molar-refractivity contribution in [1.29, 1.82) is 0 Å². The predicted molar refractivity (Wildman–Crippen MR) is 142 cm³/mol. The number of epoxide rings is 1. The monoisotopic (exact) mass is 422 g/mol. The van der Waals surface area contributed by atoms with Gasteiger partial charge in [-0.25, -0.2) is 0 Å². The molecule has 0 bridgehead atoms. The molecular formula is C29H58O. The van der Waals surface area contributed by atoms with Crippen LogP contribution in [0.5, 0.6) is 0 Å². The molecule has 1 unspecified atom stereocenters. The summed E-state index contributed by atoms with van der Waals surface area (Å²) in [5.41, 5.74) is 6.29. The number of ether oxygens (including phenoxy) is 1. The number of hydrogen-bond acceptors (Lipinski definition) is 1. The van der Waals surface area contributed by atoms with E-state index in [1.165, 1.54) is 41.6 Å². The molecule has 30 heavy (non-hydrogen) atoms. The summed E-state index contributed by atoms with van der Waals surface area (Å²) < 4.78 is 5.44. The number of rotatable bonds is 3. The number of allylic oxidation sites excluding steroid dienone is 4. The normalized spacial score (nSPS) is 16.7. The highest BCUT2D eigenvalue weighted by Crippen LogP contribution is 2.49. The fraction of sp³-hybridized carbons (Fsp3) is 0.793. The van der Waals surface area contributed by atoms with E-state index >= 15 is 0 Å². The average molecular weight is 423 g/mol. The first-order valence-electron chi connectivity index (χ1n) is 12.1. The van der Waals surface area contributed by atoms with Gasteiger partial charge in [-0.1, -0.05) is 70.3 Å². The van der Waals surface area contributed by atoms with Crippen molar-refractivity contribution in [2.75, 3.05) is 0 Å². The average Bonchev–Trinajstić information content (AvgIpc) is 3.21. The molecule has 1 atom stereocenters. The Labute approximate surface area is 193 Å². The second-order valence-corrected chi connectivity index (χ2v) is 8.95. The molecule has 0 aromatic carbocycles. The van der Waals surface area contributed by atoms with Crippen molar-refractivity contribution in [3.8, 4) is 11.8 Å². The van der Waals surface area contributed by atoms with Gasteiger partial charge in [-0.3, -0.25) is 0 Å². The zero-order chi connectivity index (χ0) is 25.0. The van der Waals surface area contributed by atoms with Crippen molar-refractivity contribution >= 4 is 0 Å². The van der Waals surface area contributed by atoms with Gasteiger partial charge in [0.05, 0.1) is 11.2 Å². The summed E-state index contributed by atoms with van der Waals surface area (Å²) in [6.45, 7) is 34.1. The van der Waals surface area contributed by atoms with Crippen LogP contribution in [0.3, 0.4) is 0 Å². The van der Waals surface area contributed by atoms with Crippen LogP contribution in [0, 0.1) is 11.8 Å². The van der Waals surface area contributed by atoms with Crippen molar-refractivity contribution in [1.82, 2.24) is 0 Å². The topological polar surface area (TPSA) is 12.5 Å². The van der Waals surface area contributed by atoms with Crippen LogP contribution in [0.1, 0.15) is 143 Å². The highest BCUT2D eigenvalue weighted by molar-refractivity contribution is 5.06. The van der Waals surface area contributed by atoms with Crippen LogP contribution in [0.25, 0.3) is 0 Å². The Bertz CT molecular complexity index is 490. The Morgan fingerprint density at radius 1 is 0.700 bits per heavy atom. The maximum absolute atomic E-state index is 5.44. The highest BCUT2D eigenvalue weighted by Gasteiger charge is 2.58. The Morgan fingerprint density at radius 2 is 1.00 bits per heavy atom. The zero-order valence-electron chi connectivity index (χ0n) is 23.9. The Hall–Kier alpha value is -1.00. The lowest BCUT2D eigenvalue weighted by Crippen LogP contribution is -2.14. The maximum Gasteiger partial charge on any atom is 0.0943 e. The summed E-state index contributed by atoms with van der Waals surface area (Å²) in [5, 5.41) is 0. The third kappa shape index (κ3) is 21.7. The van der Waals surface area contributed by atoms with E-state index < -0.39 is 0 Å². The molecule has 180 valence electrons. The van der Waals surface area contributed by atoms with E-state index in [2.05, 4.69) is 109 Å². The van der Waals surface area contributed by atoms with E-state index in [1.807, 2.05) is 13.8 Å². The van der Waals surface area contributed by atoms with E-state index in [4.69, 9.17) is 4.74 Å². The van der Waals surface area contributed by atoms with Gasteiger partial charge < -0.3 is 4.74 Å². The molecular weight excluding hydrogens is 364 g/mol. The lowest BCUT2D eigenvalue weighted by atomic mass is 9.96. The highest BCUT2D eigenvalue weighted by atomic mass is 16.6. The van der Waals surface area contributed by atoms with Gasteiger partial charge in [-0.05, 0) is 88.5 Å². The molecule has 0 aromatic heterocycles. The number of hydrogen-bond donors (Lipinski definition) is 0. The SMILES string of the molecule is CC#CCC.CCC.CCC(C)=C(C)C.CCC(C)=C(C)C.CCC1(C)OC1(C)C. The summed E-state index contributed by atoms with van der Waals surface area (Å²) >= 11 is 0. The lowest BCUT2D eigenvalue weighted by molar-refractivity contribution is 0.282. The van der Waals surface area contributed by atoms with Gasteiger partial charge in [0.15, 0.2) is 0 Å². The fourth-order valence-electron chi connectivity index (χ4n) is 1.92. The molecule has 0 amide bonds. The molecule has 1 aliphatic heterocycles. The third-order valence-corrected chi connectivity index (χ3v) is 5.51. The van der Waals surface area contributed by atoms with Gasteiger partial charge >= 0.3 is 0 Å². The molecule has 1 rings (SSSR count). The second-order valence-electron chi connectivity index (χ2n) is 8.95. The minimum Gasteiger partial charge on any atom is -0.363 e. The Morgan fingerprint density at radius 3 is 1.00 bits per heavy atom. The third-order valence-electron chi connectivity index (χ3n) is 5.51. The Balaban J connectivity index is -0.000000146. The van der Waals surface area contributed by atoms with E-state index in [1.54, 1.807) is 0 Å². The smallest absolute Gasteiger partial charge is 0.0943 e. The molecule has 1 heteroatoms. The van der Waals surface area contributed by atoms with Gasteiger partial charge in [-0.2, -0.15) is 0 Å². The van der Waals surface area contributed by atoms with Crippen LogP contribution in [-0.4, -0.2) is 11.2 Å². The second kappa shape index (κ2) is 21.2. The van der Waals surface area contributed by atoms with E-state index in [-0.39, 0.29) is 11.2 Å². The first-order chi connectivity index (χ1) is 13.7. The van der Waals surface area contributed by atoms with Crippen LogP contribution >= 0.6 is 0 Å². The van der Waals surface area contributed by atoms with Crippen molar-refractivity contribution in [2.45, 2.75) is 154 Å². The van der Waals surface area contributed by atoms with Gasteiger partial charge in [0, 0.05) is 6.42 Å². The first kappa shape index (κ1) is 36.4. The molecule has 1 saturated heterocycles. The summed E-state index contributed by atoms with van der Waals surface area (Å²) in [5.74, 6) is 5.63. The van der Waals surface area contributed by atoms with E-state index in [0.717, 1.165) is 12.8 Å². The fourth-order valence-corrected chi connectivity index (χ4v) is 1.92. The maximum atomic E-state index is 5.44. The van der Waals surface area contributed by atoms with Gasteiger partial charge in [0.2, 0.25) is 0 Å². The minimum atomic E-state index is 0.155. The molecule has 0 aromatic rings. The van der Waals surface area contributed by atoms with Crippen LogP contribution in [0.2, 0.25) is 0 Å². The molecule has 1 nitrogen and oxygen atoms in total. The van der Waals surface area contributed by atoms with Gasteiger partial charge in [0.25, 0.3) is 0 Å². The molecule has 0 radical (unpaired) electrons. The largest absolute Gasteiger partial charge is 0.363 e. The molecule has 0 spiro atoms. The van der Waals surface area contributed by atoms with Crippen LogP contribution < -0.4 is 0 Å². The first-order valence-corrected chi connectivity index (χ1v) is 12.1. The summed E-state index contributed by atoms with van der Waals surface area (Å²) in [7, 11) is 0. The lowest BCUT2D eigenvalue weighted by Gasteiger charge is -2.01. The van der Waals surface area contributed by atoms with Crippen molar-refractivity contribution < 1.29 is 4.74 Å². The molecule has 1 heterocycles. The van der Waals surface area contributed by atoms with E-state index in [0.29, 0.717) is 0 Å². The molecule has 1 aliphatic rings. The zero-order valence-corrected chi connectivity index (χ0v) is 23.9. The van der Waals surface area contributed by atoms with Gasteiger partial charge in [0.1, 0.15) is 0 Å². The minimum absolute atomic E-state index is 0.155. The summed E-state index contributed by atoms with van der Waals surface area (Å²) in [4.78, 5) is 0. The van der Waals surface area contributed by atoms with Gasteiger partial charge in [-0.15, -0.1) is 11.8 Å². The van der Waals surface area contributed by atoms with Crippen LogP contribution in [-0.2, 0) is 4.74 Å². The van der Waals surface area contributed by atoms with Crippen molar-refractivity contribution in [3.05, 3.63) is 22.3 Å². The Kier molecular flexibility index (Phi) is 25.8. The quantitative estimate of drug-likeness (QED) is 0.250. The summed E-state index contributed by atoms with van der Waals surface area (Å²) in [6, 6.07) is 0. The molecule has 0 N–H and O–H groups in total. The summed E-state index contributed by atoms with van der Waals surface area (Å²) in [6.07, 6.45) is 5.75. The predicted octanol–water partition coefficient (Wildman–Crippen LogP) is 10.3. The van der Waals surface area contributed by atoms with Crippen LogP contribution in [0.15, 0.2) is 22.3 Å². The van der Waals surface area contributed by atoms with Crippen LogP contribution in [0.4, 0.5) is 0 Å². The molecule has 1 fully saturated rings. The standard InChI is InChI=1S/C7H14O.2C7H14.C5H8.C3H8/c1-5-7(4)6(2,3)8-7;2*1-5-7(4)6(2)3;1-3-5-4-2;1-3-2/h5H2,1-4H3;2*5H2,1-4H3;3H2,1-2H3;3H2,1-2H3. The molecule has 0 aliphatic carbocycles. The van der Waals surface area contributed by atoms with E-state index in [9.17, 15) is 0 Å². The van der Waals surface area contributed by atoms with Crippen molar-refractivity contribution in [3.63, 3.8) is 0 Å². The molecule has 0 saturated carbocycles.